The maximum absolute atomic E-state index is 14.8. The largest absolute Gasteiger partial charge is 0.492 e. The summed E-state index contributed by atoms with van der Waals surface area (Å²) in [5, 5.41) is 13.0. The van der Waals surface area contributed by atoms with Gasteiger partial charge in [-0.1, -0.05) is 11.6 Å². The van der Waals surface area contributed by atoms with Crippen LogP contribution >= 0.6 is 11.6 Å². The molecule has 2 aliphatic heterocycles. The molecule has 5 rings (SSSR count). The van der Waals surface area contributed by atoms with Crippen LogP contribution in [0.4, 0.5) is 14.6 Å². The second-order valence-corrected chi connectivity index (χ2v) is 11.0. The fraction of sp³-hybridized carbons (Fsp3) is 0.556. The number of anilines is 1. The number of hydrogen-bond donors (Lipinski definition) is 3. The van der Waals surface area contributed by atoms with E-state index in [2.05, 4.69) is 52.9 Å². The third-order valence-corrected chi connectivity index (χ3v) is 7.43. The summed E-state index contributed by atoms with van der Waals surface area (Å²) in [5.41, 5.74) is 0.643. The Morgan fingerprint density at radius 1 is 1.10 bits per heavy atom. The fourth-order valence-corrected chi connectivity index (χ4v) is 5.37. The lowest BCUT2D eigenvalue weighted by atomic mass is 10.1. The molecule has 0 saturated carbocycles. The number of H-pyrrole nitrogens is 1. The third kappa shape index (κ3) is 6.10. The van der Waals surface area contributed by atoms with Crippen molar-refractivity contribution in [3.05, 3.63) is 40.4 Å². The molecule has 13 heteroatoms. The van der Waals surface area contributed by atoms with Crippen LogP contribution in [0.1, 0.15) is 33.3 Å². The van der Waals surface area contributed by atoms with Gasteiger partial charge in [0, 0.05) is 42.9 Å². The van der Waals surface area contributed by atoms with Crippen LogP contribution in [0.3, 0.4) is 0 Å². The van der Waals surface area contributed by atoms with E-state index in [4.69, 9.17) is 30.5 Å². The van der Waals surface area contributed by atoms with Crippen LogP contribution in [-0.2, 0) is 16.0 Å². The summed E-state index contributed by atoms with van der Waals surface area (Å²) >= 11 is 6.38. The number of pyridine rings is 1. The van der Waals surface area contributed by atoms with E-state index in [0.29, 0.717) is 36.4 Å². The zero-order valence-electron chi connectivity index (χ0n) is 22.8. The summed E-state index contributed by atoms with van der Waals surface area (Å²) in [4.78, 5) is 14.0. The quantitative estimate of drug-likeness (QED) is 0.310. The van der Waals surface area contributed by atoms with Gasteiger partial charge in [0.05, 0.1) is 23.8 Å². The lowest BCUT2D eigenvalue weighted by Crippen LogP contribution is -2.39. The highest BCUT2D eigenvalue weighted by Crippen LogP contribution is 2.31. The molecule has 2 aliphatic rings. The zero-order valence-corrected chi connectivity index (χ0v) is 23.5. The van der Waals surface area contributed by atoms with Crippen molar-refractivity contribution in [1.82, 2.24) is 19.9 Å². The van der Waals surface area contributed by atoms with Gasteiger partial charge in [-0.2, -0.15) is 4.98 Å². The molecule has 1 aromatic carbocycles. The number of aromatic nitrogens is 3. The summed E-state index contributed by atoms with van der Waals surface area (Å²) in [5.74, 6) is -1.14. The van der Waals surface area contributed by atoms with Crippen molar-refractivity contribution in [3.8, 4) is 11.8 Å². The maximum Gasteiger partial charge on any atom is 0.296 e. The van der Waals surface area contributed by atoms with Gasteiger partial charge in [0.25, 0.3) is 6.01 Å². The van der Waals surface area contributed by atoms with Gasteiger partial charge in [0.1, 0.15) is 48.1 Å². The minimum absolute atomic E-state index is 0.129. The van der Waals surface area contributed by atoms with E-state index < -0.39 is 36.1 Å². The van der Waals surface area contributed by atoms with E-state index in [1.165, 1.54) is 12.1 Å². The highest BCUT2D eigenvalue weighted by Gasteiger charge is 2.48. The molecule has 0 aliphatic carbocycles. The first kappa shape index (κ1) is 28.7. The summed E-state index contributed by atoms with van der Waals surface area (Å²) in [6.07, 6.45) is -1.96. The average molecular weight is 582 g/mol. The molecule has 2 aromatic heterocycles. The standard InChI is InChI=1S/C27H34ClF2N5O5/c1-13(2)35(14(3)4)5-6-37-15-7-18(29)16(19(30)8-15)10-31-25-17(28)9-20-26(33-25)34-27(32-20)40-22-12-39-23-21(36)11-38-24(22)23/h7-9,13-14,21-24,36H,5-6,10-12H2,1-4H3,(H2,31,32,33,34)/t21-,22-,23-,24-/m1/s1. The van der Waals surface area contributed by atoms with E-state index in [0.717, 1.165) is 0 Å². The van der Waals surface area contributed by atoms with Gasteiger partial charge in [-0.25, -0.2) is 13.8 Å². The summed E-state index contributed by atoms with van der Waals surface area (Å²) < 4.78 is 52.3. The molecule has 0 radical (unpaired) electrons. The van der Waals surface area contributed by atoms with E-state index in [1.54, 1.807) is 6.07 Å². The number of nitrogens with one attached hydrogen (secondary N) is 2. The lowest BCUT2D eigenvalue weighted by molar-refractivity contribution is 0.00706. The Morgan fingerprint density at radius 3 is 2.50 bits per heavy atom. The van der Waals surface area contributed by atoms with Gasteiger partial charge in [0.2, 0.25) is 0 Å². The summed E-state index contributed by atoms with van der Waals surface area (Å²) in [7, 11) is 0. The minimum Gasteiger partial charge on any atom is -0.492 e. The minimum atomic E-state index is -0.740. The number of aromatic amines is 1. The Kier molecular flexibility index (Phi) is 8.62. The molecule has 2 saturated heterocycles. The molecule has 0 spiro atoms. The van der Waals surface area contributed by atoms with Gasteiger partial charge >= 0.3 is 0 Å². The number of imidazole rings is 1. The molecule has 2 fully saturated rings. The molecule has 3 N–H and O–H groups in total. The Morgan fingerprint density at radius 2 is 1.80 bits per heavy atom. The van der Waals surface area contributed by atoms with Gasteiger partial charge in [-0.05, 0) is 33.8 Å². The first-order chi connectivity index (χ1) is 19.1. The smallest absolute Gasteiger partial charge is 0.296 e. The molecule has 3 aromatic rings. The number of nitrogens with zero attached hydrogens (tertiary/aromatic N) is 3. The highest BCUT2D eigenvalue weighted by molar-refractivity contribution is 6.33. The van der Waals surface area contributed by atoms with Crippen LogP contribution in [0, 0.1) is 11.6 Å². The van der Waals surface area contributed by atoms with Crippen LogP contribution in [0.2, 0.25) is 5.02 Å². The predicted molar refractivity (Wildman–Crippen MR) is 145 cm³/mol. The Hall–Kier alpha value is -2.77. The SMILES string of the molecule is CC(C)N(CCOc1cc(F)c(CNc2nc3nc(O[C@@H]4CO[C@H]5[C@@H]4OC[C@H]5O)[nH]c3cc2Cl)c(F)c1)C(C)C. The number of rotatable bonds is 11. The van der Waals surface area contributed by atoms with Crippen molar-refractivity contribution in [3.63, 3.8) is 0 Å². The van der Waals surface area contributed by atoms with Crippen LogP contribution in [0.15, 0.2) is 18.2 Å². The molecule has 4 atom stereocenters. The van der Waals surface area contributed by atoms with E-state index >= 15 is 0 Å². The molecular weight excluding hydrogens is 548 g/mol. The first-order valence-electron chi connectivity index (χ1n) is 13.3. The third-order valence-electron chi connectivity index (χ3n) is 7.14. The summed E-state index contributed by atoms with van der Waals surface area (Å²) in [6, 6.07) is 4.79. The summed E-state index contributed by atoms with van der Waals surface area (Å²) in [6.45, 7) is 9.57. The fourth-order valence-electron chi connectivity index (χ4n) is 5.15. The molecule has 10 nitrogen and oxygen atoms in total. The number of benzene rings is 1. The second-order valence-electron chi connectivity index (χ2n) is 10.5. The molecule has 0 bridgehead atoms. The number of hydrogen-bond acceptors (Lipinski definition) is 9. The van der Waals surface area contributed by atoms with E-state index in [9.17, 15) is 13.9 Å². The topological polar surface area (TPSA) is 114 Å². The van der Waals surface area contributed by atoms with Gasteiger partial charge in [-0.15, -0.1) is 0 Å². The van der Waals surface area contributed by atoms with E-state index in [-0.39, 0.29) is 47.9 Å². The molecule has 218 valence electrons. The Balaban J connectivity index is 1.21. The number of fused-ring (bicyclic) bond motifs is 2. The van der Waals surface area contributed by atoms with Gasteiger partial charge in [0.15, 0.2) is 11.8 Å². The van der Waals surface area contributed by atoms with Crippen molar-refractivity contribution in [2.24, 2.45) is 0 Å². The van der Waals surface area contributed by atoms with Crippen LogP contribution < -0.4 is 14.8 Å². The average Bonchev–Trinajstić information content (AvgIpc) is 3.57. The Bertz CT molecular complexity index is 1310. The van der Waals surface area contributed by atoms with Crippen LogP contribution in [0.25, 0.3) is 11.2 Å². The lowest BCUT2D eigenvalue weighted by Gasteiger charge is -2.30. The first-order valence-corrected chi connectivity index (χ1v) is 13.7. The van der Waals surface area contributed by atoms with Crippen LogP contribution in [-0.4, -0.2) is 87.8 Å². The number of ether oxygens (including phenoxy) is 4. The van der Waals surface area contributed by atoms with Crippen molar-refractivity contribution >= 4 is 28.6 Å². The van der Waals surface area contributed by atoms with Gasteiger partial charge in [-0.3, -0.25) is 4.90 Å². The Labute approximate surface area is 235 Å². The molecular formula is C27H34ClF2N5O5. The monoisotopic (exact) mass is 581 g/mol. The molecule has 0 unspecified atom stereocenters. The number of aliphatic hydroxyl groups is 1. The van der Waals surface area contributed by atoms with Crippen LogP contribution in [0.5, 0.6) is 11.8 Å². The van der Waals surface area contributed by atoms with Crippen molar-refractivity contribution in [2.75, 3.05) is 31.7 Å². The second kappa shape index (κ2) is 12.0. The molecule has 0 amide bonds. The number of halogens is 3. The van der Waals surface area contributed by atoms with Crippen molar-refractivity contribution in [2.45, 2.75) is 70.7 Å². The van der Waals surface area contributed by atoms with Crippen molar-refractivity contribution in [1.29, 1.82) is 0 Å². The molecule has 4 heterocycles. The predicted octanol–water partition coefficient (Wildman–Crippen LogP) is 3.91. The zero-order chi connectivity index (χ0) is 28.6. The highest BCUT2D eigenvalue weighted by atomic mass is 35.5. The normalized spacial score (nSPS) is 22.6. The molecule has 40 heavy (non-hydrogen) atoms. The number of aliphatic hydroxyl groups excluding tert-OH is 1. The van der Waals surface area contributed by atoms with E-state index in [1.807, 2.05) is 0 Å². The van der Waals surface area contributed by atoms with Crippen molar-refractivity contribution < 1.29 is 32.8 Å². The maximum atomic E-state index is 14.8. The van der Waals surface area contributed by atoms with Gasteiger partial charge < -0.3 is 34.4 Å².